The van der Waals surface area contributed by atoms with Crippen LogP contribution in [0.25, 0.3) is 6.08 Å². The van der Waals surface area contributed by atoms with Gasteiger partial charge >= 0.3 is 5.97 Å². The summed E-state index contributed by atoms with van der Waals surface area (Å²) < 4.78 is 5.27. The molecule has 1 rings (SSSR count). The van der Waals surface area contributed by atoms with Gasteiger partial charge < -0.3 is 9.84 Å². The minimum absolute atomic E-state index is 0.603. The fourth-order valence-electron chi connectivity index (χ4n) is 1.04. The molecule has 1 N–H and O–H groups in total. The fraction of sp³-hybridized carbons (Fsp3) is 0.182. The summed E-state index contributed by atoms with van der Waals surface area (Å²) in [6.45, 7) is 2.51. The van der Waals surface area contributed by atoms with E-state index in [9.17, 15) is 4.79 Å². The van der Waals surface area contributed by atoms with Crippen LogP contribution >= 0.6 is 0 Å². The Hall–Kier alpha value is -1.77. The average Bonchev–Trinajstić information content (AvgIpc) is 2.16. The highest BCUT2D eigenvalue weighted by molar-refractivity contribution is 5.85. The molecule has 0 aliphatic heterocycles. The summed E-state index contributed by atoms with van der Waals surface area (Å²) in [5.74, 6) is -0.202. The molecule has 0 saturated carbocycles. The number of benzene rings is 1. The Bertz CT molecular complexity index is 342. The van der Waals surface area contributed by atoms with E-state index in [1.165, 1.54) is 6.08 Å². The van der Waals surface area contributed by atoms with Crippen molar-refractivity contribution in [3.63, 3.8) is 0 Å². The van der Waals surface area contributed by atoms with Crippen LogP contribution in [0.3, 0.4) is 0 Å². The predicted molar refractivity (Wildman–Crippen MR) is 54.3 cm³/mol. The minimum Gasteiger partial charge on any atom is -0.494 e. The largest absolute Gasteiger partial charge is 0.494 e. The molecule has 0 aromatic heterocycles. The molecule has 0 unspecified atom stereocenters. The van der Waals surface area contributed by atoms with E-state index in [0.717, 1.165) is 17.4 Å². The van der Waals surface area contributed by atoms with Crippen LogP contribution in [0, 0.1) is 0 Å². The summed E-state index contributed by atoms with van der Waals surface area (Å²) in [6, 6.07) is 7.28. The number of carbonyl (C=O) groups is 1. The number of aliphatic carboxylic acids is 1. The quantitative estimate of drug-likeness (QED) is 0.744. The van der Waals surface area contributed by atoms with Crippen LogP contribution in [0.1, 0.15) is 12.5 Å². The van der Waals surface area contributed by atoms with Crippen LogP contribution in [0.5, 0.6) is 5.75 Å². The maximum atomic E-state index is 10.3. The smallest absolute Gasteiger partial charge is 0.328 e. The molecular weight excluding hydrogens is 180 g/mol. The molecule has 0 aliphatic carbocycles. The lowest BCUT2D eigenvalue weighted by Gasteiger charge is -2.02. The van der Waals surface area contributed by atoms with Crippen molar-refractivity contribution >= 4 is 12.0 Å². The second-order valence-corrected chi connectivity index (χ2v) is 2.68. The molecule has 14 heavy (non-hydrogen) atoms. The first-order valence-electron chi connectivity index (χ1n) is 4.36. The highest BCUT2D eigenvalue weighted by Crippen LogP contribution is 2.14. The van der Waals surface area contributed by atoms with Crippen LogP contribution in [0.4, 0.5) is 0 Å². The SMILES string of the molecule is CCOc1cccc(/C=C/C(=O)O)c1. The lowest BCUT2D eigenvalue weighted by Crippen LogP contribution is -1.91. The van der Waals surface area contributed by atoms with Crippen LogP contribution in [0.2, 0.25) is 0 Å². The molecule has 1 aromatic carbocycles. The summed E-state index contributed by atoms with van der Waals surface area (Å²) in [4.78, 5) is 10.3. The van der Waals surface area contributed by atoms with Gasteiger partial charge in [-0.1, -0.05) is 12.1 Å². The number of hydrogen-bond acceptors (Lipinski definition) is 2. The van der Waals surface area contributed by atoms with E-state index in [2.05, 4.69) is 0 Å². The van der Waals surface area contributed by atoms with Gasteiger partial charge in [0.15, 0.2) is 0 Å². The Balaban J connectivity index is 2.77. The van der Waals surface area contributed by atoms with Gasteiger partial charge in [-0.2, -0.15) is 0 Å². The van der Waals surface area contributed by atoms with E-state index in [0.29, 0.717) is 6.61 Å². The molecule has 0 radical (unpaired) electrons. The molecule has 3 heteroatoms. The highest BCUT2D eigenvalue weighted by Gasteiger charge is 1.93. The number of carboxylic acid groups (broad SMARTS) is 1. The summed E-state index contributed by atoms with van der Waals surface area (Å²) in [5.41, 5.74) is 0.818. The molecular formula is C11H12O3. The van der Waals surface area contributed by atoms with Gasteiger partial charge in [0, 0.05) is 6.08 Å². The minimum atomic E-state index is -0.952. The normalized spacial score (nSPS) is 10.4. The van der Waals surface area contributed by atoms with Crippen LogP contribution in [0.15, 0.2) is 30.3 Å². The molecule has 1 aromatic rings. The Labute approximate surface area is 82.6 Å². The third-order valence-corrected chi connectivity index (χ3v) is 1.59. The maximum Gasteiger partial charge on any atom is 0.328 e. The van der Waals surface area contributed by atoms with E-state index >= 15 is 0 Å². The van der Waals surface area contributed by atoms with Crippen molar-refractivity contribution in [1.29, 1.82) is 0 Å². The van der Waals surface area contributed by atoms with Crippen molar-refractivity contribution in [3.8, 4) is 5.75 Å². The maximum absolute atomic E-state index is 10.3. The van der Waals surface area contributed by atoms with Crippen LogP contribution in [-0.4, -0.2) is 17.7 Å². The number of hydrogen-bond donors (Lipinski definition) is 1. The van der Waals surface area contributed by atoms with Gasteiger partial charge in [0.2, 0.25) is 0 Å². The van der Waals surface area contributed by atoms with Gasteiger partial charge in [0.1, 0.15) is 5.75 Å². The summed E-state index contributed by atoms with van der Waals surface area (Å²) >= 11 is 0. The molecule has 0 heterocycles. The molecule has 74 valence electrons. The molecule has 0 saturated heterocycles. The Morgan fingerprint density at radius 1 is 1.57 bits per heavy atom. The first-order chi connectivity index (χ1) is 6.72. The van der Waals surface area contributed by atoms with Crippen molar-refractivity contribution in [2.75, 3.05) is 6.61 Å². The van der Waals surface area contributed by atoms with Crippen LogP contribution < -0.4 is 4.74 Å². The van der Waals surface area contributed by atoms with Gasteiger partial charge in [0.05, 0.1) is 6.61 Å². The molecule has 0 fully saturated rings. The molecule has 0 spiro atoms. The zero-order valence-corrected chi connectivity index (χ0v) is 7.93. The van der Waals surface area contributed by atoms with E-state index < -0.39 is 5.97 Å². The predicted octanol–water partition coefficient (Wildman–Crippen LogP) is 2.18. The monoisotopic (exact) mass is 192 g/mol. The van der Waals surface area contributed by atoms with Gasteiger partial charge in [0.25, 0.3) is 0 Å². The van der Waals surface area contributed by atoms with Crippen LogP contribution in [-0.2, 0) is 4.79 Å². The average molecular weight is 192 g/mol. The third-order valence-electron chi connectivity index (χ3n) is 1.59. The molecule has 0 atom stereocenters. The van der Waals surface area contributed by atoms with Gasteiger partial charge in [-0.05, 0) is 30.7 Å². The van der Waals surface area contributed by atoms with Gasteiger partial charge in [-0.25, -0.2) is 4.79 Å². The van der Waals surface area contributed by atoms with E-state index in [-0.39, 0.29) is 0 Å². The lowest BCUT2D eigenvalue weighted by molar-refractivity contribution is -0.131. The van der Waals surface area contributed by atoms with Crippen molar-refractivity contribution in [1.82, 2.24) is 0 Å². The second kappa shape index (κ2) is 5.07. The van der Waals surface area contributed by atoms with Crippen molar-refractivity contribution in [2.24, 2.45) is 0 Å². The van der Waals surface area contributed by atoms with Crippen molar-refractivity contribution in [2.45, 2.75) is 6.92 Å². The van der Waals surface area contributed by atoms with Gasteiger partial charge in [-0.15, -0.1) is 0 Å². The molecule has 0 amide bonds. The summed E-state index contributed by atoms with van der Waals surface area (Å²) in [7, 11) is 0. The standard InChI is InChI=1S/C11H12O3/c1-2-14-10-5-3-4-9(8-10)6-7-11(12)13/h3-8H,2H2,1H3,(H,12,13)/b7-6+. The number of ether oxygens (including phenoxy) is 1. The van der Waals surface area contributed by atoms with Gasteiger partial charge in [-0.3, -0.25) is 0 Å². The second-order valence-electron chi connectivity index (χ2n) is 2.68. The highest BCUT2D eigenvalue weighted by atomic mass is 16.5. The van der Waals surface area contributed by atoms with E-state index in [4.69, 9.17) is 9.84 Å². The third kappa shape index (κ3) is 3.31. The number of rotatable bonds is 4. The van der Waals surface area contributed by atoms with Crippen molar-refractivity contribution < 1.29 is 14.6 Å². The molecule has 0 bridgehead atoms. The molecule has 0 aliphatic rings. The Kier molecular flexibility index (Phi) is 3.73. The lowest BCUT2D eigenvalue weighted by atomic mass is 10.2. The summed E-state index contributed by atoms with van der Waals surface area (Å²) in [6.07, 6.45) is 2.63. The summed E-state index contributed by atoms with van der Waals surface area (Å²) in [5, 5.41) is 8.43. The topological polar surface area (TPSA) is 46.5 Å². The van der Waals surface area contributed by atoms with E-state index in [1.54, 1.807) is 6.07 Å². The Morgan fingerprint density at radius 3 is 3.00 bits per heavy atom. The van der Waals surface area contributed by atoms with Crippen molar-refractivity contribution in [3.05, 3.63) is 35.9 Å². The fourth-order valence-corrected chi connectivity index (χ4v) is 1.04. The zero-order valence-electron chi connectivity index (χ0n) is 7.93. The first kappa shape index (κ1) is 10.3. The molecule has 3 nitrogen and oxygen atoms in total. The van der Waals surface area contributed by atoms with E-state index in [1.807, 2.05) is 25.1 Å². The Morgan fingerprint density at radius 2 is 2.36 bits per heavy atom. The zero-order chi connectivity index (χ0) is 10.4. The first-order valence-corrected chi connectivity index (χ1v) is 4.36. The number of carboxylic acids is 1.